The summed E-state index contributed by atoms with van der Waals surface area (Å²) >= 11 is 1.27. The molecule has 3 aromatic rings. The van der Waals surface area contributed by atoms with Crippen LogP contribution in [-0.4, -0.2) is 35.9 Å². The van der Waals surface area contributed by atoms with Gasteiger partial charge in [-0.05, 0) is 48.9 Å². The van der Waals surface area contributed by atoms with Crippen LogP contribution in [0.25, 0.3) is 0 Å². The zero-order valence-corrected chi connectivity index (χ0v) is 20.5. The molecular weight excluding hydrogens is 462 g/mol. The first-order valence-electron chi connectivity index (χ1n) is 11.3. The SMILES string of the molecule is CCOc1cccc(N2C(=O)C[C@@H](SC(=NCc3ccc(OC)cc3)Nc3ccccc3)C2=O)c1. The molecule has 1 atom stereocenters. The van der Waals surface area contributed by atoms with E-state index >= 15 is 0 Å². The van der Waals surface area contributed by atoms with Crippen molar-refractivity contribution in [2.75, 3.05) is 23.9 Å². The third-order valence-electron chi connectivity index (χ3n) is 5.34. The van der Waals surface area contributed by atoms with Gasteiger partial charge in [0, 0.05) is 18.2 Å². The van der Waals surface area contributed by atoms with Crippen LogP contribution >= 0.6 is 11.8 Å². The summed E-state index contributed by atoms with van der Waals surface area (Å²) in [5.41, 5.74) is 2.37. The molecule has 35 heavy (non-hydrogen) atoms. The summed E-state index contributed by atoms with van der Waals surface area (Å²) in [6.07, 6.45) is 0.0976. The number of nitrogens with zero attached hydrogens (tertiary/aromatic N) is 2. The van der Waals surface area contributed by atoms with Gasteiger partial charge in [0.15, 0.2) is 5.17 Å². The molecule has 7 nitrogen and oxygen atoms in total. The summed E-state index contributed by atoms with van der Waals surface area (Å²) in [5.74, 6) is 0.892. The lowest BCUT2D eigenvalue weighted by atomic mass is 10.2. The maximum absolute atomic E-state index is 13.3. The van der Waals surface area contributed by atoms with Crippen molar-refractivity contribution in [2.45, 2.75) is 25.1 Å². The van der Waals surface area contributed by atoms with E-state index < -0.39 is 5.25 Å². The molecule has 2 amide bonds. The predicted octanol–water partition coefficient (Wildman–Crippen LogP) is 5.13. The molecule has 4 rings (SSSR count). The van der Waals surface area contributed by atoms with Crippen LogP contribution in [0.2, 0.25) is 0 Å². The van der Waals surface area contributed by atoms with Crippen molar-refractivity contribution in [3.63, 3.8) is 0 Å². The Morgan fingerprint density at radius 2 is 1.80 bits per heavy atom. The van der Waals surface area contributed by atoms with Gasteiger partial charge in [0.05, 0.1) is 25.9 Å². The van der Waals surface area contributed by atoms with Crippen molar-refractivity contribution < 1.29 is 19.1 Å². The average molecular weight is 490 g/mol. The summed E-state index contributed by atoms with van der Waals surface area (Å²) in [7, 11) is 1.63. The monoisotopic (exact) mass is 489 g/mol. The van der Waals surface area contributed by atoms with Gasteiger partial charge in [0.25, 0.3) is 0 Å². The number of thioether (sulfide) groups is 1. The number of methoxy groups -OCH3 is 1. The Bertz CT molecular complexity index is 1200. The van der Waals surface area contributed by atoms with E-state index in [1.54, 1.807) is 31.4 Å². The van der Waals surface area contributed by atoms with Gasteiger partial charge in [-0.2, -0.15) is 0 Å². The number of carbonyl (C=O) groups is 2. The second-order valence-electron chi connectivity index (χ2n) is 7.77. The van der Waals surface area contributed by atoms with Gasteiger partial charge < -0.3 is 14.8 Å². The van der Waals surface area contributed by atoms with Crippen LogP contribution in [-0.2, 0) is 16.1 Å². The molecule has 0 aromatic heterocycles. The number of hydrogen-bond donors (Lipinski definition) is 1. The van der Waals surface area contributed by atoms with E-state index in [0.717, 1.165) is 17.0 Å². The zero-order valence-electron chi connectivity index (χ0n) is 19.6. The van der Waals surface area contributed by atoms with Gasteiger partial charge in [-0.25, -0.2) is 4.90 Å². The number of anilines is 2. The first-order chi connectivity index (χ1) is 17.1. The minimum Gasteiger partial charge on any atom is -0.497 e. The number of rotatable bonds is 8. The second kappa shape index (κ2) is 11.6. The molecule has 8 heteroatoms. The highest BCUT2D eigenvalue weighted by molar-refractivity contribution is 8.15. The van der Waals surface area contributed by atoms with Crippen molar-refractivity contribution in [3.05, 3.63) is 84.4 Å². The van der Waals surface area contributed by atoms with Crippen LogP contribution in [0.4, 0.5) is 11.4 Å². The van der Waals surface area contributed by atoms with E-state index in [2.05, 4.69) is 5.32 Å². The predicted molar refractivity (Wildman–Crippen MR) is 140 cm³/mol. The molecular formula is C27H27N3O4S. The Morgan fingerprint density at radius 1 is 1.03 bits per heavy atom. The minimum atomic E-state index is -0.580. The van der Waals surface area contributed by atoms with Crippen molar-refractivity contribution in [1.29, 1.82) is 0 Å². The second-order valence-corrected chi connectivity index (χ2v) is 8.96. The Morgan fingerprint density at radius 3 is 2.51 bits per heavy atom. The standard InChI is InChI=1S/C27H27N3O4S/c1-3-34-23-11-7-10-21(16-23)30-25(31)17-24(26(30)32)35-27(29-20-8-5-4-6-9-20)28-18-19-12-14-22(33-2)15-13-19/h4-16,24H,3,17-18H2,1-2H3,(H,28,29)/t24-/m1/s1. The lowest BCUT2D eigenvalue weighted by molar-refractivity contribution is -0.121. The molecule has 3 aromatic carbocycles. The van der Waals surface area contributed by atoms with Gasteiger partial charge in [-0.1, -0.05) is 48.2 Å². The van der Waals surface area contributed by atoms with Crippen LogP contribution in [0.1, 0.15) is 18.9 Å². The molecule has 0 spiro atoms. The highest BCUT2D eigenvalue weighted by Crippen LogP contribution is 2.32. The molecule has 1 aliphatic rings. The number of carbonyl (C=O) groups excluding carboxylic acids is 2. The minimum absolute atomic E-state index is 0.0976. The molecule has 0 saturated carbocycles. The number of ether oxygens (including phenoxy) is 2. The number of nitrogens with one attached hydrogen (secondary N) is 1. The summed E-state index contributed by atoms with van der Waals surface area (Å²) in [6, 6.07) is 24.3. The molecule has 0 radical (unpaired) electrons. The largest absolute Gasteiger partial charge is 0.497 e. The fourth-order valence-electron chi connectivity index (χ4n) is 3.63. The van der Waals surface area contributed by atoms with E-state index in [-0.39, 0.29) is 18.2 Å². The van der Waals surface area contributed by atoms with Crippen LogP contribution in [0.3, 0.4) is 0 Å². The summed E-state index contributed by atoms with van der Waals surface area (Å²) in [5, 5.41) is 3.29. The molecule has 1 heterocycles. The zero-order chi connectivity index (χ0) is 24.6. The number of para-hydroxylation sites is 1. The van der Waals surface area contributed by atoms with Crippen LogP contribution < -0.4 is 19.7 Å². The highest BCUT2D eigenvalue weighted by atomic mass is 32.2. The Kier molecular flexibility index (Phi) is 8.05. The number of benzene rings is 3. The van der Waals surface area contributed by atoms with Crippen LogP contribution in [0, 0.1) is 0 Å². The Labute approximate surface area is 209 Å². The summed E-state index contributed by atoms with van der Waals surface area (Å²) in [4.78, 5) is 32.1. The van der Waals surface area contributed by atoms with Crippen LogP contribution in [0.5, 0.6) is 11.5 Å². The topological polar surface area (TPSA) is 80.2 Å². The normalized spacial score (nSPS) is 15.9. The Balaban J connectivity index is 1.53. The Hall–Kier alpha value is -3.78. The fraction of sp³-hybridized carbons (Fsp3) is 0.222. The molecule has 0 bridgehead atoms. The first-order valence-corrected chi connectivity index (χ1v) is 12.2. The molecule has 0 unspecified atom stereocenters. The molecule has 1 saturated heterocycles. The van der Waals surface area contributed by atoms with Gasteiger partial charge in [-0.3, -0.25) is 14.6 Å². The fourth-order valence-corrected chi connectivity index (χ4v) is 4.64. The summed E-state index contributed by atoms with van der Waals surface area (Å²) < 4.78 is 10.7. The first kappa shape index (κ1) is 24.3. The van der Waals surface area contributed by atoms with Crippen molar-refractivity contribution in [3.8, 4) is 11.5 Å². The number of amides is 2. The number of aliphatic imine (C=N–C) groups is 1. The van der Waals surface area contributed by atoms with E-state index in [1.165, 1.54) is 16.7 Å². The smallest absolute Gasteiger partial charge is 0.247 e. The van der Waals surface area contributed by atoms with Crippen molar-refractivity contribution in [1.82, 2.24) is 0 Å². The van der Waals surface area contributed by atoms with E-state index in [1.807, 2.05) is 61.5 Å². The lowest BCUT2D eigenvalue weighted by Gasteiger charge is -2.17. The quantitative estimate of drug-likeness (QED) is 0.269. The average Bonchev–Trinajstić information content (AvgIpc) is 3.16. The van der Waals surface area contributed by atoms with Gasteiger partial charge in [0.1, 0.15) is 16.7 Å². The highest BCUT2D eigenvalue weighted by Gasteiger charge is 2.41. The maximum Gasteiger partial charge on any atom is 0.247 e. The van der Waals surface area contributed by atoms with Crippen LogP contribution in [0.15, 0.2) is 83.9 Å². The van der Waals surface area contributed by atoms with Gasteiger partial charge in [-0.15, -0.1) is 0 Å². The van der Waals surface area contributed by atoms with E-state index in [4.69, 9.17) is 14.5 Å². The number of imide groups is 1. The molecule has 1 aliphatic heterocycles. The molecule has 1 fully saturated rings. The van der Waals surface area contributed by atoms with Crippen molar-refractivity contribution in [2.24, 2.45) is 4.99 Å². The number of hydrogen-bond acceptors (Lipinski definition) is 6. The van der Waals surface area contributed by atoms with Gasteiger partial charge >= 0.3 is 0 Å². The molecule has 1 N–H and O–H groups in total. The third-order valence-corrected chi connectivity index (χ3v) is 6.44. The molecule has 180 valence electrons. The number of amidine groups is 1. The molecule has 0 aliphatic carbocycles. The van der Waals surface area contributed by atoms with Crippen molar-refractivity contribution >= 4 is 40.1 Å². The van der Waals surface area contributed by atoms with E-state index in [0.29, 0.717) is 29.8 Å². The lowest BCUT2D eigenvalue weighted by Crippen LogP contribution is -2.31. The summed E-state index contributed by atoms with van der Waals surface area (Å²) in [6.45, 7) is 2.81. The maximum atomic E-state index is 13.3. The van der Waals surface area contributed by atoms with Gasteiger partial charge in [0.2, 0.25) is 11.8 Å². The van der Waals surface area contributed by atoms with E-state index in [9.17, 15) is 9.59 Å². The third kappa shape index (κ3) is 6.22.